The van der Waals surface area contributed by atoms with Crippen LogP contribution in [0.4, 0.5) is 0 Å². The van der Waals surface area contributed by atoms with E-state index >= 15 is 0 Å². The van der Waals surface area contributed by atoms with Crippen molar-refractivity contribution < 1.29 is 4.79 Å². The van der Waals surface area contributed by atoms with Crippen LogP contribution in [-0.4, -0.2) is 29.8 Å². The number of hydrogen-bond donors (Lipinski definition) is 0. The van der Waals surface area contributed by atoms with Crippen molar-refractivity contribution >= 4 is 5.78 Å². The number of Topliss-reactive ketones (excluding diaryl/α,β-unsaturated/α-hetero) is 1. The summed E-state index contributed by atoms with van der Waals surface area (Å²) in [4.78, 5) is 14.3. The first-order valence-electron chi connectivity index (χ1n) is 7.58. The third-order valence-electron chi connectivity index (χ3n) is 4.69. The maximum atomic E-state index is 11.6. The quantitative estimate of drug-likeness (QED) is 0.730. The second kappa shape index (κ2) is 6.53. The minimum Gasteiger partial charge on any atom is -0.301 e. The molecule has 98 valence electrons. The Hall–Kier alpha value is -0.370. The monoisotopic (exact) mass is 237 g/mol. The van der Waals surface area contributed by atoms with Crippen LogP contribution in [0.15, 0.2) is 0 Å². The molecule has 0 spiro atoms. The molecule has 1 atom stereocenters. The van der Waals surface area contributed by atoms with Crippen LogP contribution in [0.2, 0.25) is 0 Å². The van der Waals surface area contributed by atoms with Gasteiger partial charge in [-0.15, -0.1) is 0 Å². The van der Waals surface area contributed by atoms with Crippen LogP contribution in [0.3, 0.4) is 0 Å². The lowest BCUT2D eigenvalue weighted by Gasteiger charge is -2.34. The van der Waals surface area contributed by atoms with E-state index in [2.05, 4.69) is 11.8 Å². The van der Waals surface area contributed by atoms with Gasteiger partial charge in [-0.3, -0.25) is 4.79 Å². The van der Waals surface area contributed by atoms with E-state index in [0.717, 1.165) is 44.8 Å². The summed E-state index contributed by atoms with van der Waals surface area (Å²) >= 11 is 0. The third-order valence-corrected chi connectivity index (χ3v) is 4.69. The minimum absolute atomic E-state index is 0.396. The Labute approximate surface area is 106 Å². The minimum atomic E-state index is 0.396. The lowest BCUT2D eigenvalue weighted by atomic mass is 9.93. The van der Waals surface area contributed by atoms with E-state index in [0.29, 0.717) is 11.7 Å². The van der Waals surface area contributed by atoms with Gasteiger partial charge in [-0.25, -0.2) is 0 Å². The van der Waals surface area contributed by atoms with E-state index in [1.165, 1.54) is 32.1 Å². The predicted molar refractivity (Wildman–Crippen MR) is 71.1 cm³/mol. The molecule has 0 radical (unpaired) electrons. The van der Waals surface area contributed by atoms with E-state index in [1.54, 1.807) is 0 Å². The summed E-state index contributed by atoms with van der Waals surface area (Å²) < 4.78 is 0. The number of carbonyl (C=O) groups is 1. The molecule has 0 aromatic heterocycles. The van der Waals surface area contributed by atoms with Gasteiger partial charge in [0.25, 0.3) is 0 Å². The fourth-order valence-electron chi connectivity index (χ4n) is 3.56. The first-order chi connectivity index (χ1) is 8.31. The molecule has 2 saturated carbocycles. The van der Waals surface area contributed by atoms with E-state index in [1.807, 2.05) is 0 Å². The second-order valence-electron chi connectivity index (χ2n) is 5.76. The van der Waals surface area contributed by atoms with E-state index < -0.39 is 0 Å². The lowest BCUT2D eigenvalue weighted by Crippen LogP contribution is -2.38. The van der Waals surface area contributed by atoms with Crippen LogP contribution >= 0.6 is 0 Å². The van der Waals surface area contributed by atoms with Crippen LogP contribution in [0.5, 0.6) is 0 Å². The Morgan fingerprint density at radius 2 is 1.88 bits per heavy atom. The Kier molecular flexibility index (Phi) is 5.02. The molecule has 0 amide bonds. The highest BCUT2D eigenvalue weighted by Gasteiger charge is 2.26. The molecule has 0 saturated heterocycles. The molecular formula is C15H27NO. The van der Waals surface area contributed by atoms with Crippen molar-refractivity contribution in [2.24, 2.45) is 5.92 Å². The summed E-state index contributed by atoms with van der Waals surface area (Å²) in [5.74, 6) is 0.928. The molecule has 0 aliphatic heterocycles. The molecule has 0 N–H and O–H groups in total. The van der Waals surface area contributed by atoms with E-state index in [-0.39, 0.29) is 0 Å². The fraction of sp³-hybridized carbons (Fsp3) is 0.933. The smallest absolute Gasteiger partial charge is 0.136 e. The normalized spacial score (nSPS) is 26.9. The van der Waals surface area contributed by atoms with Crippen LogP contribution in [0, 0.1) is 5.92 Å². The van der Waals surface area contributed by atoms with Gasteiger partial charge in [-0.2, -0.15) is 0 Å². The van der Waals surface area contributed by atoms with Crippen molar-refractivity contribution in [3.05, 3.63) is 0 Å². The SMILES string of the molecule is CCN(CCC1CCCC1=O)C1CCCCC1. The van der Waals surface area contributed by atoms with Gasteiger partial charge in [0.1, 0.15) is 5.78 Å². The van der Waals surface area contributed by atoms with Gasteiger partial charge >= 0.3 is 0 Å². The molecule has 17 heavy (non-hydrogen) atoms. The zero-order valence-electron chi connectivity index (χ0n) is 11.3. The van der Waals surface area contributed by atoms with Crippen molar-refractivity contribution in [1.29, 1.82) is 0 Å². The molecule has 2 heteroatoms. The predicted octanol–water partition coefficient (Wildman–Crippen LogP) is 3.40. The first kappa shape index (κ1) is 13.1. The third kappa shape index (κ3) is 3.54. The summed E-state index contributed by atoms with van der Waals surface area (Å²) in [6.45, 7) is 4.58. The topological polar surface area (TPSA) is 20.3 Å². The van der Waals surface area contributed by atoms with E-state index in [9.17, 15) is 4.79 Å². The molecule has 2 nitrogen and oxygen atoms in total. The largest absolute Gasteiger partial charge is 0.301 e. The summed E-state index contributed by atoms with van der Waals surface area (Å²) in [6, 6.07) is 0.810. The Morgan fingerprint density at radius 1 is 1.12 bits per heavy atom. The van der Waals surface area contributed by atoms with Crippen LogP contribution in [0.25, 0.3) is 0 Å². The first-order valence-corrected chi connectivity index (χ1v) is 7.58. The Balaban J connectivity index is 1.76. The maximum Gasteiger partial charge on any atom is 0.136 e. The van der Waals surface area contributed by atoms with Crippen molar-refractivity contribution in [1.82, 2.24) is 4.90 Å². The van der Waals surface area contributed by atoms with Gasteiger partial charge in [0.15, 0.2) is 0 Å². The molecule has 1 unspecified atom stereocenters. The number of rotatable bonds is 5. The molecular weight excluding hydrogens is 210 g/mol. The number of hydrogen-bond acceptors (Lipinski definition) is 2. The van der Waals surface area contributed by atoms with Gasteiger partial charge in [0.2, 0.25) is 0 Å². The highest BCUT2D eigenvalue weighted by molar-refractivity contribution is 5.82. The highest BCUT2D eigenvalue weighted by Crippen LogP contribution is 2.27. The molecule has 0 aromatic carbocycles. The zero-order valence-corrected chi connectivity index (χ0v) is 11.3. The average molecular weight is 237 g/mol. The van der Waals surface area contributed by atoms with Crippen molar-refractivity contribution in [3.8, 4) is 0 Å². The molecule has 2 aliphatic rings. The number of ketones is 1. The molecule has 0 aromatic rings. The van der Waals surface area contributed by atoms with Crippen molar-refractivity contribution in [2.75, 3.05) is 13.1 Å². The summed E-state index contributed by atoms with van der Waals surface area (Å²) in [5, 5.41) is 0. The molecule has 2 fully saturated rings. The fourth-order valence-corrected chi connectivity index (χ4v) is 3.56. The standard InChI is InChI=1S/C15H27NO/c1-2-16(14-8-4-3-5-9-14)12-11-13-7-6-10-15(13)17/h13-14H,2-12H2,1H3. The maximum absolute atomic E-state index is 11.6. The Morgan fingerprint density at radius 3 is 2.47 bits per heavy atom. The molecule has 0 heterocycles. The highest BCUT2D eigenvalue weighted by atomic mass is 16.1. The summed E-state index contributed by atoms with van der Waals surface area (Å²) in [6.07, 6.45) is 11.3. The average Bonchev–Trinajstić information content (AvgIpc) is 2.77. The second-order valence-corrected chi connectivity index (χ2v) is 5.76. The zero-order chi connectivity index (χ0) is 12.1. The van der Waals surface area contributed by atoms with Gasteiger partial charge in [0, 0.05) is 18.4 Å². The number of carbonyl (C=O) groups excluding carboxylic acids is 1. The molecule has 0 bridgehead atoms. The molecule has 2 rings (SSSR count). The summed E-state index contributed by atoms with van der Waals surface area (Å²) in [5.41, 5.74) is 0. The van der Waals surface area contributed by atoms with Crippen LogP contribution in [-0.2, 0) is 4.79 Å². The summed E-state index contributed by atoms with van der Waals surface area (Å²) in [7, 11) is 0. The van der Waals surface area contributed by atoms with Crippen LogP contribution < -0.4 is 0 Å². The van der Waals surface area contributed by atoms with Crippen molar-refractivity contribution in [3.63, 3.8) is 0 Å². The van der Waals surface area contributed by atoms with E-state index in [4.69, 9.17) is 0 Å². The van der Waals surface area contributed by atoms with Gasteiger partial charge in [-0.1, -0.05) is 26.2 Å². The molecule has 2 aliphatic carbocycles. The number of nitrogens with zero attached hydrogens (tertiary/aromatic N) is 1. The van der Waals surface area contributed by atoms with Gasteiger partial charge < -0.3 is 4.90 Å². The Bertz CT molecular complexity index is 245. The van der Waals surface area contributed by atoms with Crippen molar-refractivity contribution in [2.45, 2.75) is 70.8 Å². The lowest BCUT2D eigenvalue weighted by molar-refractivity contribution is -0.120. The van der Waals surface area contributed by atoms with Gasteiger partial charge in [-0.05, 0) is 45.2 Å². The van der Waals surface area contributed by atoms with Crippen LogP contribution in [0.1, 0.15) is 64.7 Å². The van der Waals surface area contributed by atoms with Gasteiger partial charge in [0.05, 0.1) is 0 Å².